The first-order chi connectivity index (χ1) is 9.34. The lowest BCUT2D eigenvalue weighted by molar-refractivity contribution is -0.139. The van der Waals surface area contributed by atoms with Gasteiger partial charge < -0.3 is 16.0 Å². The van der Waals surface area contributed by atoms with E-state index in [9.17, 15) is 14.4 Å². The number of carbonyl (C=O) groups excluding carboxylic acids is 3. The molecule has 7 nitrogen and oxygen atoms in total. The molecule has 0 radical (unpaired) electrons. The Morgan fingerprint density at radius 2 is 1.70 bits per heavy atom. The molecule has 0 aromatic heterocycles. The number of hydrogen-bond donors (Lipinski definition) is 3. The number of hydrogen-bond acceptors (Lipinski definition) is 3. The number of urea groups is 2. The maximum atomic E-state index is 12.6. The first kappa shape index (κ1) is 14.6. The van der Waals surface area contributed by atoms with Gasteiger partial charge in [0, 0.05) is 6.54 Å². The van der Waals surface area contributed by atoms with Gasteiger partial charge >= 0.3 is 12.1 Å². The number of nitrogens with one attached hydrogen (secondary N) is 3. The van der Waals surface area contributed by atoms with Crippen molar-refractivity contribution in [3.05, 3.63) is 0 Å². The van der Waals surface area contributed by atoms with E-state index in [1.54, 1.807) is 13.8 Å². The summed E-state index contributed by atoms with van der Waals surface area (Å²) >= 11 is 0. The summed E-state index contributed by atoms with van der Waals surface area (Å²) in [5.41, 5.74) is -2.24. The summed E-state index contributed by atoms with van der Waals surface area (Å²) in [6.45, 7) is 5.75. The van der Waals surface area contributed by atoms with Crippen LogP contribution < -0.4 is 16.0 Å². The highest BCUT2D eigenvalue weighted by molar-refractivity contribution is 6.07. The summed E-state index contributed by atoms with van der Waals surface area (Å²) < 4.78 is 0. The van der Waals surface area contributed by atoms with E-state index in [1.165, 1.54) is 4.90 Å². The molecule has 2 heterocycles. The van der Waals surface area contributed by atoms with E-state index in [0.29, 0.717) is 6.54 Å². The third kappa shape index (κ3) is 2.10. The lowest BCUT2D eigenvalue weighted by atomic mass is 9.85. The van der Waals surface area contributed by atoms with Crippen LogP contribution in [0.15, 0.2) is 0 Å². The second kappa shape index (κ2) is 4.96. The van der Waals surface area contributed by atoms with E-state index in [-0.39, 0.29) is 5.91 Å². The molecule has 0 aromatic rings. The Kier molecular flexibility index (Phi) is 3.62. The van der Waals surface area contributed by atoms with Crippen molar-refractivity contribution in [1.82, 2.24) is 20.9 Å². The van der Waals surface area contributed by atoms with Crippen molar-refractivity contribution in [1.29, 1.82) is 0 Å². The van der Waals surface area contributed by atoms with Crippen LogP contribution in [0.25, 0.3) is 0 Å². The highest BCUT2D eigenvalue weighted by Gasteiger charge is 2.63. The minimum atomic E-state index is -1.15. The normalized spacial score (nSPS) is 32.5. The van der Waals surface area contributed by atoms with Gasteiger partial charge in [0.25, 0.3) is 5.91 Å². The second-order valence-corrected chi connectivity index (χ2v) is 5.78. The van der Waals surface area contributed by atoms with Crippen molar-refractivity contribution < 1.29 is 14.4 Å². The zero-order valence-corrected chi connectivity index (χ0v) is 12.2. The molecule has 2 fully saturated rings. The molecule has 112 valence electrons. The Labute approximate surface area is 118 Å². The summed E-state index contributed by atoms with van der Waals surface area (Å²) in [6.07, 6.45) is 3.93. The minimum Gasteiger partial charge on any atom is -0.320 e. The van der Waals surface area contributed by atoms with Gasteiger partial charge in [-0.3, -0.25) is 9.69 Å². The Hall–Kier alpha value is -1.79. The fourth-order valence-corrected chi connectivity index (χ4v) is 2.70. The maximum Gasteiger partial charge on any atom is 0.326 e. The molecule has 5 amide bonds. The Morgan fingerprint density at radius 3 is 2.35 bits per heavy atom. The first-order valence-electron chi connectivity index (χ1n) is 7.08. The Bertz CT molecular complexity index is 453. The van der Waals surface area contributed by atoms with Gasteiger partial charge in [0.05, 0.1) is 0 Å². The monoisotopic (exact) mass is 282 g/mol. The van der Waals surface area contributed by atoms with Crippen molar-refractivity contribution in [2.45, 2.75) is 57.7 Å². The molecule has 0 saturated carbocycles. The van der Waals surface area contributed by atoms with Gasteiger partial charge in [-0.2, -0.15) is 0 Å². The van der Waals surface area contributed by atoms with Crippen LogP contribution in [-0.2, 0) is 4.79 Å². The molecule has 2 rings (SSSR count). The van der Waals surface area contributed by atoms with Gasteiger partial charge in [-0.15, -0.1) is 0 Å². The van der Waals surface area contributed by atoms with Crippen molar-refractivity contribution >= 4 is 18.0 Å². The van der Waals surface area contributed by atoms with E-state index in [2.05, 4.69) is 22.9 Å². The van der Waals surface area contributed by atoms with Crippen LogP contribution in [0, 0.1) is 0 Å². The van der Waals surface area contributed by atoms with Crippen LogP contribution in [0.2, 0.25) is 0 Å². The molecule has 2 aliphatic rings. The minimum absolute atomic E-state index is 0.362. The molecule has 0 bridgehead atoms. The standard InChI is InChI=1S/C13H22N4O3/c1-4-5-6-7-8-17-9(18)12(2)13(3,16-11(17)20)15-10(19)14-12/h4-8H2,1-3H3,(H,16,20)(H2,14,15,19). The zero-order valence-electron chi connectivity index (χ0n) is 12.2. The molecular weight excluding hydrogens is 260 g/mol. The van der Waals surface area contributed by atoms with Crippen LogP contribution in [-0.4, -0.2) is 40.6 Å². The van der Waals surface area contributed by atoms with E-state index in [1.807, 2.05) is 0 Å². The third-order valence-electron chi connectivity index (χ3n) is 4.24. The largest absolute Gasteiger partial charge is 0.326 e. The number of carbonyl (C=O) groups is 3. The Balaban J connectivity index is 2.12. The fourth-order valence-electron chi connectivity index (χ4n) is 2.70. The smallest absolute Gasteiger partial charge is 0.320 e. The predicted octanol–water partition coefficient (Wildman–Crippen LogP) is 0.906. The third-order valence-corrected chi connectivity index (χ3v) is 4.24. The van der Waals surface area contributed by atoms with Gasteiger partial charge in [0.1, 0.15) is 5.66 Å². The highest BCUT2D eigenvalue weighted by Crippen LogP contribution is 2.30. The summed E-state index contributed by atoms with van der Waals surface area (Å²) in [4.78, 5) is 37.4. The van der Waals surface area contributed by atoms with Gasteiger partial charge in [-0.05, 0) is 20.3 Å². The molecule has 2 aliphatic heterocycles. The van der Waals surface area contributed by atoms with Gasteiger partial charge in [-0.25, -0.2) is 9.59 Å². The molecule has 20 heavy (non-hydrogen) atoms. The fraction of sp³-hybridized carbons (Fsp3) is 0.769. The van der Waals surface area contributed by atoms with E-state index >= 15 is 0 Å². The summed E-state index contributed by atoms with van der Waals surface area (Å²) in [5, 5.41) is 7.94. The highest BCUT2D eigenvalue weighted by atomic mass is 16.2. The first-order valence-corrected chi connectivity index (χ1v) is 7.08. The quantitative estimate of drug-likeness (QED) is 0.654. The summed E-state index contributed by atoms with van der Waals surface area (Å²) in [6, 6.07) is -0.896. The van der Waals surface area contributed by atoms with Crippen molar-refractivity contribution in [3.63, 3.8) is 0 Å². The van der Waals surface area contributed by atoms with Crippen LogP contribution in [0.3, 0.4) is 0 Å². The van der Waals surface area contributed by atoms with Gasteiger partial charge in [0.15, 0.2) is 5.54 Å². The van der Waals surface area contributed by atoms with Crippen molar-refractivity contribution in [2.24, 2.45) is 0 Å². The van der Waals surface area contributed by atoms with Gasteiger partial charge in [-0.1, -0.05) is 26.2 Å². The number of rotatable bonds is 5. The van der Waals surface area contributed by atoms with Crippen LogP contribution in [0.5, 0.6) is 0 Å². The average molecular weight is 282 g/mol. The SMILES string of the molecule is CCCCCCN1C(=O)NC2(C)NC(=O)NC2(C)C1=O. The number of amides is 5. The number of unbranched alkanes of at least 4 members (excludes halogenated alkanes) is 3. The number of fused-ring (bicyclic) bond motifs is 1. The van der Waals surface area contributed by atoms with Crippen molar-refractivity contribution in [3.8, 4) is 0 Å². The zero-order chi connectivity index (χ0) is 15.0. The summed E-state index contributed by atoms with van der Waals surface area (Å²) in [5.74, 6) is -0.362. The van der Waals surface area contributed by atoms with Gasteiger partial charge in [0.2, 0.25) is 0 Å². The molecular formula is C13H22N4O3. The molecule has 2 atom stereocenters. The predicted molar refractivity (Wildman–Crippen MR) is 72.9 cm³/mol. The van der Waals surface area contributed by atoms with Crippen LogP contribution >= 0.6 is 0 Å². The molecule has 0 spiro atoms. The van der Waals surface area contributed by atoms with Crippen molar-refractivity contribution in [2.75, 3.05) is 6.54 Å². The molecule has 3 N–H and O–H groups in total. The molecule has 0 aliphatic carbocycles. The topological polar surface area (TPSA) is 90.5 Å². The van der Waals surface area contributed by atoms with Crippen LogP contribution in [0.4, 0.5) is 9.59 Å². The number of imide groups is 1. The lowest BCUT2D eigenvalue weighted by Gasteiger charge is -2.45. The lowest BCUT2D eigenvalue weighted by Crippen LogP contribution is -2.78. The maximum absolute atomic E-state index is 12.6. The Morgan fingerprint density at radius 1 is 1.00 bits per heavy atom. The molecule has 0 aromatic carbocycles. The second-order valence-electron chi connectivity index (χ2n) is 5.78. The van der Waals surface area contributed by atoms with Crippen LogP contribution in [0.1, 0.15) is 46.5 Å². The average Bonchev–Trinajstić information content (AvgIpc) is 2.58. The van der Waals surface area contributed by atoms with E-state index in [0.717, 1.165) is 25.7 Å². The van der Waals surface area contributed by atoms with E-state index < -0.39 is 23.3 Å². The summed E-state index contributed by atoms with van der Waals surface area (Å²) in [7, 11) is 0. The molecule has 7 heteroatoms. The van der Waals surface area contributed by atoms with E-state index in [4.69, 9.17) is 0 Å². The molecule has 2 saturated heterocycles. The number of nitrogens with zero attached hydrogens (tertiary/aromatic N) is 1. The molecule has 2 unspecified atom stereocenters.